The van der Waals surface area contributed by atoms with E-state index in [-0.39, 0.29) is 18.1 Å². The Hall–Kier alpha value is -3.81. The van der Waals surface area contributed by atoms with Crippen LogP contribution in [-0.2, 0) is 18.0 Å². The van der Waals surface area contributed by atoms with Crippen LogP contribution in [0.4, 0.5) is 23.2 Å². The van der Waals surface area contributed by atoms with Gasteiger partial charge in [0.1, 0.15) is 5.82 Å². The van der Waals surface area contributed by atoms with E-state index in [1.54, 1.807) is 29.2 Å². The van der Waals surface area contributed by atoms with Crippen LogP contribution >= 0.6 is 0 Å². The van der Waals surface area contributed by atoms with Crippen LogP contribution in [0, 0.1) is 5.82 Å². The summed E-state index contributed by atoms with van der Waals surface area (Å²) in [5, 5.41) is 0.907. The Labute approximate surface area is 212 Å². The lowest BCUT2D eigenvalue weighted by atomic mass is 9.87. The summed E-state index contributed by atoms with van der Waals surface area (Å²) in [7, 11) is 1.89. The highest BCUT2D eigenvalue weighted by Gasteiger charge is 2.33. The van der Waals surface area contributed by atoms with E-state index < -0.39 is 17.7 Å². The first-order valence-electron chi connectivity index (χ1n) is 12.2. The van der Waals surface area contributed by atoms with Crippen LogP contribution in [0.3, 0.4) is 0 Å². The average Bonchev–Trinajstić information content (AvgIpc) is 3.23. The first kappa shape index (κ1) is 24.9. The molecular formula is C29H27F4N3O. The highest BCUT2D eigenvalue weighted by molar-refractivity contribution is 5.86. The molecule has 1 aliphatic rings. The third-order valence-electron chi connectivity index (χ3n) is 7.12. The average molecular weight is 510 g/mol. The number of halogens is 4. The Morgan fingerprint density at radius 2 is 1.62 bits per heavy atom. The van der Waals surface area contributed by atoms with Crippen molar-refractivity contribution in [3.63, 3.8) is 0 Å². The van der Waals surface area contributed by atoms with Gasteiger partial charge in [-0.05, 0) is 35.4 Å². The third kappa shape index (κ3) is 5.05. The number of aromatic nitrogens is 1. The Morgan fingerprint density at radius 1 is 0.919 bits per heavy atom. The molecule has 4 aromatic rings. The second-order valence-electron chi connectivity index (χ2n) is 9.41. The molecule has 0 N–H and O–H groups in total. The number of amides is 1. The number of hydrogen-bond donors (Lipinski definition) is 0. The SMILES string of the molecule is Cn1cc([C@H](CC(=O)N2CCN(c3ccccc3F)CC2)c2cccc(C(F)(F)F)c2)c2ccccc21. The Kier molecular flexibility index (Phi) is 6.67. The van der Waals surface area contributed by atoms with Gasteiger partial charge < -0.3 is 14.4 Å². The van der Waals surface area contributed by atoms with Gasteiger partial charge >= 0.3 is 6.18 Å². The van der Waals surface area contributed by atoms with Crippen molar-refractivity contribution in [3.8, 4) is 0 Å². The van der Waals surface area contributed by atoms with E-state index in [0.717, 1.165) is 28.6 Å². The van der Waals surface area contributed by atoms with E-state index >= 15 is 0 Å². The number of nitrogens with zero attached hydrogens (tertiary/aromatic N) is 3. The quantitative estimate of drug-likeness (QED) is 0.300. The smallest absolute Gasteiger partial charge is 0.366 e. The van der Waals surface area contributed by atoms with Crippen molar-refractivity contribution in [2.24, 2.45) is 7.05 Å². The summed E-state index contributed by atoms with van der Waals surface area (Å²) in [6, 6.07) is 19.5. The summed E-state index contributed by atoms with van der Waals surface area (Å²) >= 11 is 0. The fourth-order valence-electron chi connectivity index (χ4n) is 5.20. The molecule has 2 heterocycles. The second kappa shape index (κ2) is 9.92. The number of fused-ring (bicyclic) bond motifs is 1. The van der Waals surface area contributed by atoms with Gasteiger partial charge in [-0.3, -0.25) is 4.79 Å². The van der Waals surface area contributed by atoms with Crippen LogP contribution in [0.5, 0.6) is 0 Å². The topological polar surface area (TPSA) is 28.5 Å². The van der Waals surface area contributed by atoms with Crippen molar-refractivity contribution in [1.82, 2.24) is 9.47 Å². The lowest BCUT2D eigenvalue weighted by Gasteiger charge is -2.36. The van der Waals surface area contributed by atoms with E-state index in [1.807, 2.05) is 47.0 Å². The van der Waals surface area contributed by atoms with E-state index in [2.05, 4.69) is 0 Å². The first-order valence-corrected chi connectivity index (χ1v) is 12.2. The van der Waals surface area contributed by atoms with Crippen LogP contribution in [0.25, 0.3) is 10.9 Å². The van der Waals surface area contributed by atoms with E-state index in [1.165, 1.54) is 12.1 Å². The number of benzene rings is 3. The summed E-state index contributed by atoms with van der Waals surface area (Å²) in [6.45, 7) is 1.79. The zero-order chi connectivity index (χ0) is 26.2. The monoisotopic (exact) mass is 509 g/mol. The van der Waals surface area contributed by atoms with Gasteiger partial charge in [0.2, 0.25) is 5.91 Å². The number of aryl methyl sites for hydroxylation is 1. The predicted octanol–water partition coefficient (Wildman–Crippen LogP) is 6.21. The number of alkyl halides is 3. The minimum atomic E-state index is -4.48. The lowest BCUT2D eigenvalue weighted by Crippen LogP contribution is -2.49. The molecule has 4 nitrogen and oxygen atoms in total. The summed E-state index contributed by atoms with van der Waals surface area (Å²) in [6.07, 6.45) is -2.54. The fourth-order valence-corrected chi connectivity index (χ4v) is 5.20. The van der Waals surface area contributed by atoms with Gasteiger partial charge in [-0.25, -0.2) is 4.39 Å². The summed E-state index contributed by atoms with van der Waals surface area (Å²) in [5.74, 6) is -0.989. The number of piperazine rings is 1. The second-order valence-corrected chi connectivity index (χ2v) is 9.41. The molecule has 37 heavy (non-hydrogen) atoms. The maximum Gasteiger partial charge on any atom is 0.416 e. The maximum absolute atomic E-state index is 14.2. The van der Waals surface area contributed by atoms with Gasteiger partial charge in [0, 0.05) is 62.7 Å². The number of anilines is 1. The van der Waals surface area contributed by atoms with Crippen LogP contribution < -0.4 is 4.90 Å². The molecule has 1 saturated heterocycles. The maximum atomic E-state index is 14.2. The van der Waals surface area contributed by atoms with Crippen molar-refractivity contribution >= 4 is 22.5 Å². The van der Waals surface area contributed by atoms with Crippen LogP contribution in [0.1, 0.15) is 29.0 Å². The van der Waals surface area contributed by atoms with Crippen molar-refractivity contribution in [1.29, 1.82) is 0 Å². The first-order chi connectivity index (χ1) is 17.7. The molecule has 1 atom stereocenters. The number of para-hydroxylation sites is 2. The summed E-state index contributed by atoms with van der Waals surface area (Å²) in [4.78, 5) is 17.1. The Morgan fingerprint density at radius 3 is 2.35 bits per heavy atom. The van der Waals surface area contributed by atoms with Crippen molar-refractivity contribution in [3.05, 3.63) is 102 Å². The van der Waals surface area contributed by atoms with Gasteiger partial charge in [-0.1, -0.05) is 48.5 Å². The molecule has 192 valence electrons. The van der Waals surface area contributed by atoms with Gasteiger partial charge in [-0.15, -0.1) is 0 Å². The zero-order valence-electron chi connectivity index (χ0n) is 20.4. The molecule has 3 aromatic carbocycles. The fraction of sp³-hybridized carbons (Fsp3) is 0.276. The van der Waals surface area contributed by atoms with Crippen molar-refractivity contribution in [2.45, 2.75) is 18.5 Å². The van der Waals surface area contributed by atoms with Crippen LogP contribution in [0.15, 0.2) is 79.0 Å². The Balaban J connectivity index is 1.43. The molecule has 1 aliphatic heterocycles. The molecule has 0 radical (unpaired) electrons. The molecule has 0 unspecified atom stereocenters. The van der Waals surface area contributed by atoms with E-state index in [9.17, 15) is 22.4 Å². The number of carbonyl (C=O) groups excluding carboxylic acids is 1. The minimum Gasteiger partial charge on any atom is -0.366 e. The molecule has 1 amide bonds. The molecule has 0 bridgehead atoms. The standard InChI is InChI=1S/C29H27F4N3O/c1-34-19-24(22-9-2-4-11-26(22)34)23(20-7-6-8-21(17-20)29(31,32)33)18-28(37)36-15-13-35(14-16-36)27-12-5-3-10-25(27)30/h2-12,17,19,23H,13-16,18H2,1H3/t23-/m1/s1. The summed E-state index contributed by atoms with van der Waals surface area (Å²) < 4.78 is 56.8. The number of carbonyl (C=O) groups is 1. The molecule has 0 aliphatic carbocycles. The normalized spacial score (nSPS) is 15.3. The van der Waals surface area contributed by atoms with Crippen LogP contribution in [0.2, 0.25) is 0 Å². The largest absolute Gasteiger partial charge is 0.416 e. The highest BCUT2D eigenvalue weighted by Crippen LogP contribution is 2.38. The van der Waals surface area contributed by atoms with E-state index in [4.69, 9.17) is 0 Å². The predicted molar refractivity (Wildman–Crippen MR) is 136 cm³/mol. The lowest BCUT2D eigenvalue weighted by molar-refractivity contribution is -0.137. The van der Waals surface area contributed by atoms with E-state index in [0.29, 0.717) is 37.4 Å². The highest BCUT2D eigenvalue weighted by atomic mass is 19.4. The van der Waals surface area contributed by atoms with Gasteiger partial charge in [0.25, 0.3) is 0 Å². The van der Waals surface area contributed by atoms with Gasteiger partial charge in [0.15, 0.2) is 0 Å². The van der Waals surface area contributed by atoms with Crippen molar-refractivity contribution < 1.29 is 22.4 Å². The molecule has 1 aromatic heterocycles. The number of hydrogen-bond acceptors (Lipinski definition) is 2. The molecule has 0 saturated carbocycles. The Bertz CT molecular complexity index is 1420. The molecule has 1 fully saturated rings. The zero-order valence-corrected chi connectivity index (χ0v) is 20.4. The molecule has 0 spiro atoms. The minimum absolute atomic E-state index is 0.0367. The molecular weight excluding hydrogens is 482 g/mol. The van der Waals surface area contributed by atoms with Crippen LogP contribution in [-0.4, -0.2) is 41.6 Å². The van der Waals surface area contributed by atoms with Crippen molar-refractivity contribution in [2.75, 3.05) is 31.1 Å². The van der Waals surface area contributed by atoms with Gasteiger partial charge in [-0.2, -0.15) is 13.2 Å². The molecule has 5 rings (SSSR count). The van der Waals surface area contributed by atoms with Gasteiger partial charge in [0.05, 0.1) is 11.3 Å². The number of rotatable bonds is 5. The summed E-state index contributed by atoms with van der Waals surface area (Å²) in [5.41, 5.74) is 1.98. The third-order valence-corrected chi connectivity index (χ3v) is 7.12. The molecule has 8 heteroatoms.